The number of aromatic nitrogens is 2. The van der Waals surface area contributed by atoms with Gasteiger partial charge in [0.05, 0.1) is 25.5 Å². The van der Waals surface area contributed by atoms with E-state index in [1.54, 1.807) is 10.9 Å². The van der Waals surface area contributed by atoms with Gasteiger partial charge in [0.1, 0.15) is 0 Å². The molecule has 0 saturated carbocycles. The van der Waals surface area contributed by atoms with Crippen molar-refractivity contribution >= 4 is 0 Å². The maximum Gasteiger partial charge on any atom is 0.157 e. The van der Waals surface area contributed by atoms with Gasteiger partial charge in [-0.05, 0) is 6.42 Å². The third kappa shape index (κ3) is 2.54. The highest BCUT2D eigenvalue weighted by molar-refractivity contribution is 5.11. The zero-order valence-corrected chi connectivity index (χ0v) is 7.36. The molecule has 0 aliphatic carbocycles. The molecule has 4 heteroatoms. The number of hydrogen-bond acceptors (Lipinski definition) is 3. The molecule has 1 aromatic rings. The van der Waals surface area contributed by atoms with E-state index >= 15 is 0 Å². The molecule has 0 fully saturated rings. The first-order valence-electron chi connectivity index (χ1n) is 4.22. The molecular weight excluding hydrogens is 154 g/mol. The summed E-state index contributed by atoms with van der Waals surface area (Å²) in [5, 5.41) is 4.07. The molecule has 0 aliphatic heterocycles. The quantitative estimate of drug-likeness (QED) is 0.703. The zero-order valence-electron chi connectivity index (χ0n) is 7.36. The van der Waals surface area contributed by atoms with Crippen LogP contribution < -0.4 is 10.5 Å². The molecule has 2 N–H and O–H groups in total. The largest absolute Gasteiger partial charge is 0.490 e. The van der Waals surface area contributed by atoms with Crippen LogP contribution in [-0.2, 0) is 6.54 Å². The Morgan fingerprint density at radius 1 is 1.67 bits per heavy atom. The molecule has 12 heavy (non-hydrogen) atoms. The molecule has 0 saturated heterocycles. The molecule has 0 aliphatic rings. The minimum Gasteiger partial charge on any atom is -0.490 e. The normalized spacial score (nSPS) is 10.2. The van der Waals surface area contributed by atoms with Crippen LogP contribution in [0.2, 0.25) is 0 Å². The second-order valence-electron chi connectivity index (χ2n) is 2.58. The zero-order chi connectivity index (χ0) is 8.81. The molecule has 0 spiro atoms. The van der Waals surface area contributed by atoms with E-state index in [2.05, 4.69) is 12.0 Å². The van der Waals surface area contributed by atoms with Gasteiger partial charge >= 0.3 is 0 Å². The van der Waals surface area contributed by atoms with Crippen LogP contribution in [0, 0.1) is 0 Å². The van der Waals surface area contributed by atoms with Gasteiger partial charge in [0, 0.05) is 6.54 Å². The Morgan fingerprint density at radius 3 is 3.17 bits per heavy atom. The summed E-state index contributed by atoms with van der Waals surface area (Å²) in [6.45, 7) is 4.17. The Balaban J connectivity index is 2.41. The van der Waals surface area contributed by atoms with Gasteiger partial charge in [0.15, 0.2) is 5.75 Å². The van der Waals surface area contributed by atoms with Crippen molar-refractivity contribution in [2.24, 2.45) is 5.73 Å². The Hall–Kier alpha value is -1.03. The predicted octanol–water partition coefficient (Wildman–Crippen LogP) is 0.631. The minimum atomic E-state index is 0.606. The summed E-state index contributed by atoms with van der Waals surface area (Å²) >= 11 is 0. The fourth-order valence-corrected chi connectivity index (χ4v) is 0.894. The second-order valence-corrected chi connectivity index (χ2v) is 2.58. The van der Waals surface area contributed by atoms with Crippen LogP contribution in [0.4, 0.5) is 0 Å². The highest BCUT2D eigenvalue weighted by Crippen LogP contribution is 2.07. The first-order chi connectivity index (χ1) is 5.86. The summed E-state index contributed by atoms with van der Waals surface area (Å²) in [6, 6.07) is 0. The van der Waals surface area contributed by atoms with Gasteiger partial charge in [-0.15, -0.1) is 0 Å². The van der Waals surface area contributed by atoms with Crippen molar-refractivity contribution in [3.63, 3.8) is 0 Å². The van der Waals surface area contributed by atoms with Gasteiger partial charge in [-0.3, -0.25) is 4.68 Å². The van der Waals surface area contributed by atoms with E-state index in [0.717, 1.165) is 25.3 Å². The lowest BCUT2D eigenvalue weighted by Gasteiger charge is -1.98. The van der Waals surface area contributed by atoms with Crippen LogP contribution in [0.15, 0.2) is 12.4 Å². The standard InChI is InChI=1S/C8H15N3O/c1-2-5-12-8-6-10-11(7-8)4-3-9/h6-7H,2-5,9H2,1H3. The SMILES string of the molecule is CCCOc1cnn(CCN)c1. The topological polar surface area (TPSA) is 53.1 Å². The van der Waals surface area contributed by atoms with Gasteiger partial charge in [0.2, 0.25) is 0 Å². The smallest absolute Gasteiger partial charge is 0.157 e. The molecular formula is C8H15N3O. The number of nitrogens with zero attached hydrogens (tertiary/aromatic N) is 2. The van der Waals surface area contributed by atoms with Crippen molar-refractivity contribution in [3.8, 4) is 5.75 Å². The fraction of sp³-hybridized carbons (Fsp3) is 0.625. The maximum absolute atomic E-state index is 5.37. The Labute approximate surface area is 72.3 Å². The molecule has 1 rings (SSSR count). The van der Waals surface area contributed by atoms with E-state index in [9.17, 15) is 0 Å². The van der Waals surface area contributed by atoms with Crippen molar-refractivity contribution in [2.75, 3.05) is 13.2 Å². The average Bonchev–Trinajstić information content (AvgIpc) is 2.50. The van der Waals surface area contributed by atoms with Gasteiger partial charge < -0.3 is 10.5 Å². The summed E-state index contributed by atoms with van der Waals surface area (Å²) in [7, 11) is 0. The van der Waals surface area contributed by atoms with Crippen LogP contribution in [0.1, 0.15) is 13.3 Å². The first-order valence-corrected chi connectivity index (χ1v) is 4.22. The molecule has 4 nitrogen and oxygen atoms in total. The highest BCUT2D eigenvalue weighted by atomic mass is 16.5. The van der Waals surface area contributed by atoms with E-state index < -0.39 is 0 Å². The summed E-state index contributed by atoms with van der Waals surface area (Å²) in [4.78, 5) is 0. The molecule has 0 radical (unpaired) electrons. The van der Waals surface area contributed by atoms with Crippen LogP contribution in [0.5, 0.6) is 5.75 Å². The maximum atomic E-state index is 5.37. The summed E-state index contributed by atoms with van der Waals surface area (Å²) in [6.07, 6.45) is 4.59. The lowest BCUT2D eigenvalue weighted by Crippen LogP contribution is -2.09. The third-order valence-corrected chi connectivity index (χ3v) is 1.44. The Kier molecular flexibility index (Phi) is 3.60. The lowest BCUT2D eigenvalue weighted by atomic mass is 10.5. The molecule has 0 aromatic carbocycles. The van der Waals surface area contributed by atoms with Crippen LogP contribution in [0.25, 0.3) is 0 Å². The van der Waals surface area contributed by atoms with Crippen molar-refractivity contribution in [3.05, 3.63) is 12.4 Å². The summed E-state index contributed by atoms with van der Waals surface area (Å²) < 4.78 is 7.14. The van der Waals surface area contributed by atoms with Crippen LogP contribution >= 0.6 is 0 Å². The van der Waals surface area contributed by atoms with E-state index in [4.69, 9.17) is 10.5 Å². The molecule has 0 atom stereocenters. The van der Waals surface area contributed by atoms with Crippen molar-refractivity contribution in [2.45, 2.75) is 19.9 Å². The Morgan fingerprint density at radius 2 is 2.50 bits per heavy atom. The van der Waals surface area contributed by atoms with Gasteiger partial charge in [-0.2, -0.15) is 5.10 Å². The van der Waals surface area contributed by atoms with E-state index in [1.807, 2.05) is 6.20 Å². The first kappa shape index (κ1) is 9.06. The van der Waals surface area contributed by atoms with E-state index in [0.29, 0.717) is 6.54 Å². The number of nitrogens with two attached hydrogens (primary N) is 1. The summed E-state index contributed by atoms with van der Waals surface area (Å²) in [5.41, 5.74) is 5.37. The van der Waals surface area contributed by atoms with Crippen LogP contribution in [0.3, 0.4) is 0 Å². The summed E-state index contributed by atoms with van der Waals surface area (Å²) in [5.74, 6) is 0.824. The van der Waals surface area contributed by atoms with Gasteiger partial charge in [-0.1, -0.05) is 6.92 Å². The number of ether oxygens (including phenoxy) is 1. The van der Waals surface area contributed by atoms with Gasteiger partial charge in [-0.25, -0.2) is 0 Å². The van der Waals surface area contributed by atoms with Crippen molar-refractivity contribution < 1.29 is 4.74 Å². The van der Waals surface area contributed by atoms with Crippen molar-refractivity contribution in [1.29, 1.82) is 0 Å². The van der Waals surface area contributed by atoms with Gasteiger partial charge in [0.25, 0.3) is 0 Å². The predicted molar refractivity (Wildman–Crippen MR) is 47.1 cm³/mol. The lowest BCUT2D eigenvalue weighted by molar-refractivity contribution is 0.317. The molecule has 1 aromatic heterocycles. The number of rotatable bonds is 5. The average molecular weight is 169 g/mol. The monoisotopic (exact) mass is 169 g/mol. The minimum absolute atomic E-state index is 0.606. The Bertz CT molecular complexity index is 222. The van der Waals surface area contributed by atoms with Crippen LogP contribution in [-0.4, -0.2) is 22.9 Å². The molecule has 0 unspecified atom stereocenters. The number of hydrogen-bond donors (Lipinski definition) is 1. The molecule has 68 valence electrons. The molecule has 1 heterocycles. The van der Waals surface area contributed by atoms with E-state index in [-0.39, 0.29) is 0 Å². The molecule has 0 amide bonds. The molecule has 0 bridgehead atoms. The van der Waals surface area contributed by atoms with Crippen molar-refractivity contribution in [1.82, 2.24) is 9.78 Å². The highest BCUT2D eigenvalue weighted by Gasteiger charge is 1.96. The third-order valence-electron chi connectivity index (χ3n) is 1.44. The fourth-order valence-electron chi connectivity index (χ4n) is 0.894. The second kappa shape index (κ2) is 4.77. The van der Waals surface area contributed by atoms with E-state index in [1.165, 1.54) is 0 Å².